The fourth-order valence-electron chi connectivity index (χ4n) is 0.524. The molecule has 0 amide bonds. The maximum atomic E-state index is 5.39. The summed E-state index contributed by atoms with van der Waals surface area (Å²) in [5.74, 6) is 0.759. The number of nitrogens with two attached hydrogens (primary N) is 1. The summed E-state index contributed by atoms with van der Waals surface area (Å²) in [6, 6.07) is 0. The molecule has 3 N–H and O–H groups in total. The standard InChI is InChI=1S/C5H8N4O/c1-10-9-5-4(6)7-2-3-8-5/h2-3H,1H3,(H2,6,7)(H,8,9). The fraction of sp³-hybridized carbons (Fsp3) is 0.200. The lowest BCUT2D eigenvalue weighted by atomic mass is 10.6. The number of hydrogen-bond acceptors (Lipinski definition) is 5. The predicted molar refractivity (Wildman–Crippen MR) is 37.1 cm³/mol. The molecule has 0 atom stereocenters. The van der Waals surface area contributed by atoms with E-state index in [4.69, 9.17) is 5.73 Å². The highest BCUT2D eigenvalue weighted by Gasteiger charge is 1.96. The summed E-state index contributed by atoms with van der Waals surface area (Å²) >= 11 is 0. The predicted octanol–water partition coefficient (Wildman–Crippen LogP) is 0.0321. The van der Waals surface area contributed by atoms with E-state index in [0.717, 1.165) is 0 Å². The van der Waals surface area contributed by atoms with Gasteiger partial charge in [0.1, 0.15) is 0 Å². The van der Waals surface area contributed by atoms with E-state index < -0.39 is 0 Å². The van der Waals surface area contributed by atoms with Gasteiger partial charge < -0.3 is 5.73 Å². The second-order valence-electron chi connectivity index (χ2n) is 1.60. The van der Waals surface area contributed by atoms with Crippen LogP contribution in [0.5, 0.6) is 0 Å². The SMILES string of the molecule is CONc1nccnc1N. The third kappa shape index (κ3) is 1.32. The van der Waals surface area contributed by atoms with Crippen LogP contribution in [-0.4, -0.2) is 17.1 Å². The van der Waals surface area contributed by atoms with Crippen molar-refractivity contribution in [1.82, 2.24) is 9.97 Å². The second kappa shape index (κ2) is 2.98. The van der Waals surface area contributed by atoms with Gasteiger partial charge in [0.25, 0.3) is 0 Å². The Labute approximate surface area is 58.2 Å². The summed E-state index contributed by atoms with van der Waals surface area (Å²) in [6.45, 7) is 0. The van der Waals surface area contributed by atoms with Crippen LogP contribution in [0.15, 0.2) is 12.4 Å². The molecule has 54 valence electrons. The van der Waals surface area contributed by atoms with Crippen molar-refractivity contribution in [3.8, 4) is 0 Å². The van der Waals surface area contributed by atoms with E-state index >= 15 is 0 Å². The van der Waals surface area contributed by atoms with E-state index in [1.165, 1.54) is 19.5 Å². The molecule has 5 nitrogen and oxygen atoms in total. The smallest absolute Gasteiger partial charge is 0.192 e. The van der Waals surface area contributed by atoms with E-state index in [9.17, 15) is 0 Å². The average molecular weight is 140 g/mol. The number of hydrogen-bond donors (Lipinski definition) is 2. The largest absolute Gasteiger partial charge is 0.381 e. The van der Waals surface area contributed by atoms with E-state index in [-0.39, 0.29) is 0 Å². The summed E-state index contributed by atoms with van der Waals surface area (Å²) in [5, 5.41) is 0. The lowest BCUT2D eigenvalue weighted by molar-refractivity contribution is 0.269. The van der Waals surface area contributed by atoms with Crippen molar-refractivity contribution in [2.45, 2.75) is 0 Å². The summed E-state index contributed by atoms with van der Waals surface area (Å²) in [5.41, 5.74) is 7.87. The molecule has 10 heavy (non-hydrogen) atoms. The molecule has 1 rings (SSSR count). The highest BCUT2D eigenvalue weighted by Crippen LogP contribution is 2.07. The van der Waals surface area contributed by atoms with Gasteiger partial charge >= 0.3 is 0 Å². The number of anilines is 2. The topological polar surface area (TPSA) is 73.1 Å². The number of aromatic nitrogens is 2. The molecule has 0 aliphatic carbocycles. The first-order valence-electron chi connectivity index (χ1n) is 2.70. The normalized spacial score (nSPS) is 9.30. The van der Waals surface area contributed by atoms with Crippen molar-refractivity contribution in [3.63, 3.8) is 0 Å². The highest BCUT2D eigenvalue weighted by molar-refractivity contribution is 5.53. The monoisotopic (exact) mass is 140 g/mol. The molecule has 0 saturated carbocycles. The molecule has 0 aromatic carbocycles. The minimum absolute atomic E-state index is 0.323. The summed E-state index contributed by atoms with van der Waals surface area (Å²) in [4.78, 5) is 12.2. The Kier molecular flexibility index (Phi) is 2.01. The number of nitrogens with one attached hydrogen (secondary N) is 1. The molecule has 1 aromatic heterocycles. The van der Waals surface area contributed by atoms with Crippen molar-refractivity contribution in [2.75, 3.05) is 18.3 Å². The zero-order valence-corrected chi connectivity index (χ0v) is 5.53. The van der Waals surface area contributed by atoms with Crippen LogP contribution in [0.1, 0.15) is 0 Å². The third-order valence-electron chi connectivity index (χ3n) is 0.925. The van der Waals surface area contributed by atoms with Gasteiger partial charge in [0.05, 0.1) is 7.11 Å². The Morgan fingerprint density at radius 3 is 2.80 bits per heavy atom. The van der Waals surface area contributed by atoms with E-state index in [0.29, 0.717) is 11.6 Å². The Morgan fingerprint density at radius 2 is 2.20 bits per heavy atom. The third-order valence-corrected chi connectivity index (χ3v) is 0.925. The zero-order chi connectivity index (χ0) is 7.40. The van der Waals surface area contributed by atoms with Crippen LogP contribution in [0.3, 0.4) is 0 Å². The van der Waals surface area contributed by atoms with Crippen LogP contribution in [0.25, 0.3) is 0 Å². The Hall–Kier alpha value is -1.36. The Bertz CT molecular complexity index is 215. The number of rotatable bonds is 2. The molecule has 0 bridgehead atoms. The lowest BCUT2D eigenvalue weighted by Gasteiger charge is -2.01. The first-order valence-corrected chi connectivity index (χ1v) is 2.70. The molecule has 1 aromatic rings. The van der Waals surface area contributed by atoms with Crippen LogP contribution in [0, 0.1) is 0 Å². The quantitative estimate of drug-likeness (QED) is 0.567. The molecule has 0 fully saturated rings. The zero-order valence-electron chi connectivity index (χ0n) is 5.53. The van der Waals surface area contributed by atoms with Crippen molar-refractivity contribution in [2.24, 2.45) is 0 Å². The molecule has 1 heterocycles. The highest BCUT2D eigenvalue weighted by atomic mass is 16.6. The molecule has 0 unspecified atom stereocenters. The van der Waals surface area contributed by atoms with E-state index in [2.05, 4.69) is 20.3 Å². The van der Waals surface area contributed by atoms with E-state index in [1.54, 1.807) is 0 Å². The maximum absolute atomic E-state index is 5.39. The summed E-state index contributed by atoms with van der Waals surface area (Å²) < 4.78 is 0. The van der Waals surface area contributed by atoms with E-state index in [1.807, 2.05) is 0 Å². The van der Waals surface area contributed by atoms with Crippen molar-refractivity contribution >= 4 is 11.6 Å². The minimum Gasteiger partial charge on any atom is -0.381 e. The maximum Gasteiger partial charge on any atom is 0.192 e. The molecular formula is C5H8N4O. The van der Waals surface area contributed by atoms with Crippen LogP contribution in [0.2, 0.25) is 0 Å². The molecule has 0 aliphatic rings. The second-order valence-corrected chi connectivity index (χ2v) is 1.60. The molecule has 0 radical (unpaired) electrons. The Balaban J connectivity index is 2.81. The minimum atomic E-state index is 0.323. The van der Waals surface area contributed by atoms with Crippen LogP contribution < -0.4 is 11.2 Å². The summed E-state index contributed by atoms with van der Waals surface area (Å²) in [7, 11) is 1.48. The van der Waals surface area contributed by atoms with Crippen LogP contribution in [-0.2, 0) is 4.84 Å². The van der Waals surface area contributed by atoms with Gasteiger partial charge in [-0.05, 0) is 0 Å². The van der Waals surface area contributed by atoms with Gasteiger partial charge in [0.2, 0.25) is 0 Å². The van der Waals surface area contributed by atoms with Gasteiger partial charge in [0.15, 0.2) is 11.6 Å². The van der Waals surface area contributed by atoms with Gasteiger partial charge in [0, 0.05) is 12.4 Å². The fourth-order valence-corrected chi connectivity index (χ4v) is 0.524. The van der Waals surface area contributed by atoms with Gasteiger partial charge in [-0.3, -0.25) is 4.84 Å². The molecule has 5 heteroatoms. The summed E-state index contributed by atoms with van der Waals surface area (Å²) in [6.07, 6.45) is 3.04. The molecule has 0 saturated heterocycles. The Morgan fingerprint density at radius 1 is 1.50 bits per heavy atom. The van der Waals surface area contributed by atoms with Crippen molar-refractivity contribution < 1.29 is 4.84 Å². The first kappa shape index (κ1) is 6.76. The molecule has 0 spiro atoms. The van der Waals surface area contributed by atoms with Crippen LogP contribution in [0.4, 0.5) is 11.6 Å². The number of nitrogen functional groups attached to an aromatic ring is 1. The molecular weight excluding hydrogens is 132 g/mol. The first-order chi connectivity index (χ1) is 4.84. The van der Waals surface area contributed by atoms with Gasteiger partial charge in [-0.25, -0.2) is 15.4 Å². The van der Waals surface area contributed by atoms with Crippen molar-refractivity contribution in [1.29, 1.82) is 0 Å². The average Bonchev–Trinajstić information content (AvgIpc) is 1.94. The van der Waals surface area contributed by atoms with Crippen molar-refractivity contribution in [3.05, 3.63) is 12.4 Å². The molecule has 0 aliphatic heterocycles. The van der Waals surface area contributed by atoms with Gasteiger partial charge in [-0.15, -0.1) is 0 Å². The van der Waals surface area contributed by atoms with Gasteiger partial charge in [-0.1, -0.05) is 0 Å². The van der Waals surface area contributed by atoms with Gasteiger partial charge in [-0.2, -0.15) is 0 Å². The van der Waals surface area contributed by atoms with Crippen LogP contribution >= 0.6 is 0 Å². The lowest BCUT2D eigenvalue weighted by Crippen LogP contribution is -2.03. The number of nitrogens with zero attached hydrogens (tertiary/aromatic N) is 2.